The molecule has 1 unspecified atom stereocenters. The van der Waals surface area contributed by atoms with Crippen LogP contribution >= 0.6 is 6.80 Å². The molecular weight excluding hydrogens is 282 g/mol. The van der Waals surface area contributed by atoms with Crippen molar-refractivity contribution in [2.75, 3.05) is 0 Å². The van der Waals surface area contributed by atoms with E-state index in [9.17, 15) is 4.20 Å². The first-order chi connectivity index (χ1) is 8.50. The Morgan fingerprint density at radius 1 is 1.26 bits per heavy atom. The van der Waals surface area contributed by atoms with Gasteiger partial charge in [0.15, 0.2) is 0 Å². The molecule has 0 aromatic rings. The van der Waals surface area contributed by atoms with Gasteiger partial charge in [-0.15, -0.1) is 0 Å². The second-order valence-corrected chi connectivity index (χ2v) is 9.67. The van der Waals surface area contributed by atoms with Crippen molar-refractivity contribution in [2.45, 2.75) is 72.5 Å². The molecule has 0 radical (unpaired) electrons. The molecule has 1 aliphatic carbocycles. The minimum atomic E-state index is -3.65. The quantitative estimate of drug-likeness (QED) is 0.641. The summed E-state index contributed by atoms with van der Waals surface area (Å²) in [5.41, 5.74) is -0.599. The van der Waals surface area contributed by atoms with E-state index in [1.807, 2.05) is 0 Å². The first kappa shape index (κ1) is 17.6. The summed E-state index contributed by atoms with van der Waals surface area (Å²) < 4.78 is 25.4. The Balaban J connectivity index is 2.73. The van der Waals surface area contributed by atoms with E-state index in [4.69, 9.17) is 20.9 Å². The van der Waals surface area contributed by atoms with Crippen LogP contribution in [0.3, 0.4) is 0 Å². The number of hydrogen-bond donors (Lipinski definition) is 0. The van der Waals surface area contributed by atoms with Gasteiger partial charge in [0.2, 0.25) is 0 Å². The van der Waals surface area contributed by atoms with Crippen LogP contribution in [0.15, 0.2) is 0 Å². The molecule has 0 saturated heterocycles. The molecule has 2 nitrogen and oxygen atoms in total. The van der Waals surface area contributed by atoms with Crippen LogP contribution in [0.1, 0.15) is 60.8 Å². The van der Waals surface area contributed by atoms with E-state index in [-0.39, 0.29) is 6.10 Å². The van der Waals surface area contributed by atoms with Crippen molar-refractivity contribution in [3.8, 4) is 0 Å². The second kappa shape index (κ2) is 6.51. The smallest absolute Gasteiger partial charge is 0.302 e. The van der Waals surface area contributed by atoms with Crippen LogP contribution in [-0.2, 0) is 20.9 Å². The number of rotatable bonds is 4. The largest absolute Gasteiger partial charge is 0.366 e. The summed E-state index contributed by atoms with van der Waals surface area (Å²) in [6.07, 6.45) is 3.08. The first-order valence-electron chi connectivity index (χ1n) is 7.19. The lowest BCUT2D eigenvalue weighted by Gasteiger charge is -2.38. The maximum atomic E-state index is 14.4. The Hall–Kier alpha value is 0.500. The summed E-state index contributed by atoms with van der Waals surface area (Å²) in [6, 6.07) is 0. The maximum Gasteiger partial charge on any atom is 0.366 e. The van der Waals surface area contributed by atoms with E-state index in [2.05, 4.69) is 20.8 Å². The van der Waals surface area contributed by atoms with Gasteiger partial charge in [0, 0.05) is 0 Å². The van der Waals surface area contributed by atoms with Gasteiger partial charge >= 0.3 is 6.80 Å². The highest BCUT2D eigenvalue weighted by Gasteiger charge is 2.37. The van der Waals surface area contributed by atoms with Crippen LogP contribution in [0.4, 0.5) is 4.20 Å². The molecule has 1 rings (SSSR count). The molecule has 5 heteroatoms. The average molecular weight is 310 g/mol. The lowest BCUT2D eigenvalue weighted by Crippen LogP contribution is -2.34. The monoisotopic (exact) mass is 310 g/mol. The number of halogens is 1. The normalized spacial score (nSPS) is 32.3. The molecule has 1 saturated carbocycles. The third-order valence-electron chi connectivity index (χ3n) is 3.61. The fraction of sp³-hybridized carbons (Fsp3) is 1.00. The fourth-order valence-corrected chi connectivity index (χ4v) is 5.01. The van der Waals surface area contributed by atoms with E-state index in [0.29, 0.717) is 17.8 Å². The molecule has 0 N–H and O–H groups in total. The summed E-state index contributed by atoms with van der Waals surface area (Å²) >= 11 is 4.95. The van der Waals surface area contributed by atoms with Gasteiger partial charge in [-0.05, 0) is 63.2 Å². The summed E-state index contributed by atoms with van der Waals surface area (Å²) in [7, 11) is 0. The van der Waals surface area contributed by atoms with Gasteiger partial charge in [0.1, 0.15) is 0 Å². The predicted octanol–water partition coefficient (Wildman–Crippen LogP) is 5.47. The molecule has 1 fully saturated rings. The van der Waals surface area contributed by atoms with Crippen LogP contribution < -0.4 is 0 Å². The minimum absolute atomic E-state index is 0.0954. The van der Waals surface area contributed by atoms with Gasteiger partial charge in [-0.25, -0.2) is 0 Å². The van der Waals surface area contributed by atoms with Crippen molar-refractivity contribution in [3.05, 3.63) is 0 Å². The highest BCUT2D eigenvalue weighted by atomic mass is 32.5. The summed E-state index contributed by atoms with van der Waals surface area (Å²) in [5, 5.41) is 0. The van der Waals surface area contributed by atoms with Crippen molar-refractivity contribution >= 4 is 18.6 Å². The third kappa shape index (κ3) is 6.20. The number of hydrogen-bond acceptors (Lipinski definition) is 3. The van der Waals surface area contributed by atoms with Crippen LogP contribution in [0.5, 0.6) is 0 Å². The molecular formula is C14H28FO2PS. The van der Waals surface area contributed by atoms with Crippen molar-refractivity contribution in [3.63, 3.8) is 0 Å². The maximum absolute atomic E-state index is 14.4. The molecule has 0 amide bonds. The Morgan fingerprint density at radius 3 is 2.32 bits per heavy atom. The average Bonchev–Trinajstić information content (AvgIpc) is 2.11. The standard InChI is InChI=1S/C14H28FO2PS/c1-10(2)12-8-7-11(3)9-13(12)16-18(15,19)17-14(4,5)6/h10-13H,7-9H2,1-6H3/t11-,12+,13-,18?/m1/s1. The molecule has 0 heterocycles. The van der Waals surface area contributed by atoms with Crippen LogP contribution in [-0.4, -0.2) is 11.7 Å². The topological polar surface area (TPSA) is 18.5 Å². The lowest BCUT2D eigenvalue weighted by atomic mass is 9.75. The zero-order valence-corrected chi connectivity index (χ0v) is 14.7. The molecule has 114 valence electrons. The first-order valence-corrected chi connectivity index (χ1v) is 9.72. The summed E-state index contributed by atoms with van der Waals surface area (Å²) in [6.45, 7) is 8.30. The molecule has 0 bridgehead atoms. The van der Waals surface area contributed by atoms with E-state index in [0.717, 1.165) is 12.8 Å². The summed E-state index contributed by atoms with van der Waals surface area (Å²) in [5.74, 6) is 1.45. The molecule has 1 aliphatic rings. The summed E-state index contributed by atoms with van der Waals surface area (Å²) in [4.78, 5) is 0. The van der Waals surface area contributed by atoms with E-state index < -0.39 is 12.4 Å². The minimum Gasteiger partial charge on any atom is -0.302 e. The van der Waals surface area contributed by atoms with Crippen LogP contribution in [0.25, 0.3) is 0 Å². The SMILES string of the molecule is CC(C)[C@@H]1CC[C@@H](C)C[C@H]1OP(F)(=S)OC(C)(C)C. The van der Waals surface area contributed by atoms with Crippen molar-refractivity contribution in [1.29, 1.82) is 0 Å². The molecule has 0 aromatic heterocycles. The molecule has 0 aliphatic heterocycles. The highest BCUT2D eigenvalue weighted by molar-refractivity contribution is 8.07. The molecule has 4 atom stereocenters. The molecule has 19 heavy (non-hydrogen) atoms. The Kier molecular flexibility index (Phi) is 6.01. The van der Waals surface area contributed by atoms with Crippen molar-refractivity contribution in [2.24, 2.45) is 17.8 Å². The molecule has 0 spiro atoms. The lowest BCUT2D eigenvalue weighted by molar-refractivity contribution is 0.0177. The van der Waals surface area contributed by atoms with E-state index in [1.54, 1.807) is 20.8 Å². The zero-order valence-electron chi connectivity index (χ0n) is 13.0. The van der Waals surface area contributed by atoms with Crippen molar-refractivity contribution < 1.29 is 13.2 Å². The van der Waals surface area contributed by atoms with Gasteiger partial charge in [0.25, 0.3) is 0 Å². The second-order valence-electron chi connectivity index (χ2n) is 7.10. The van der Waals surface area contributed by atoms with Crippen LogP contribution in [0.2, 0.25) is 0 Å². The predicted molar refractivity (Wildman–Crippen MR) is 82.4 cm³/mol. The third-order valence-corrected chi connectivity index (χ3v) is 5.38. The van der Waals surface area contributed by atoms with Gasteiger partial charge in [-0.2, -0.15) is 4.20 Å². The van der Waals surface area contributed by atoms with Gasteiger partial charge in [0.05, 0.1) is 11.7 Å². The fourth-order valence-electron chi connectivity index (χ4n) is 2.75. The Bertz CT molecular complexity index is 341. The highest BCUT2D eigenvalue weighted by Crippen LogP contribution is 2.56. The molecule has 0 aromatic carbocycles. The Labute approximate surface area is 122 Å². The van der Waals surface area contributed by atoms with Gasteiger partial charge < -0.3 is 4.52 Å². The van der Waals surface area contributed by atoms with Gasteiger partial charge in [-0.3, -0.25) is 4.52 Å². The van der Waals surface area contributed by atoms with Crippen molar-refractivity contribution in [1.82, 2.24) is 0 Å². The van der Waals surface area contributed by atoms with Gasteiger partial charge in [-0.1, -0.05) is 27.2 Å². The van der Waals surface area contributed by atoms with E-state index >= 15 is 0 Å². The Morgan fingerprint density at radius 2 is 1.84 bits per heavy atom. The van der Waals surface area contributed by atoms with E-state index in [1.165, 1.54) is 6.42 Å². The van der Waals surface area contributed by atoms with Crippen LogP contribution in [0, 0.1) is 17.8 Å². The zero-order chi connectivity index (χ0) is 14.8.